The molecule has 3 rings (SSSR count). The van der Waals surface area contributed by atoms with Gasteiger partial charge >= 0.3 is 6.18 Å². The molecular formula is C28H31F3O6S. The molecule has 6 nitrogen and oxygen atoms in total. The van der Waals surface area contributed by atoms with E-state index in [0.717, 1.165) is 18.6 Å². The number of benzene rings is 2. The van der Waals surface area contributed by atoms with Gasteiger partial charge in [0.25, 0.3) is 0 Å². The topological polar surface area (TPSA) is 82.1 Å². The Morgan fingerprint density at radius 1 is 1.18 bits per heavy atom. The summed E-state index contributed by atoms with van der Waals surface area (Å²) in [5.74, 6) is 1.05. The van der Waals surface area contributed by atoms with Crippen LogP contribution in [0, 0.1) is 0 Å². The van der Waals surface area contributed by atoms with Crippen LogP contribution in [0.2, 0.25) is 0 Å². The van der Waals surface area contributed by atoms with E-state index in [9.17, 15) is 26.7 Å². The van der Waals surface area contributed by atoms with E-state index in [0.29, 0.717) is 53.9 Å². The summed E-state index contributed by atoms with van der Waals surface area (Å²) in [6, 6.07) is 8.75. The van der Waals surface area contributed by atoms with Crippen LogP contribution in [-0.2, 0) is 31.9 Å². The molecule has 1 aliphatic rings. The second-order valence-electron chi connectivity index (χ2n) is 8.84. The number of alkyl halides is 3. The minimum absolute atomic E-state index is 0.0105. The van der Waals surface area contributed by atoms with Gasteiger partial charge in [-0.25, -0.2) is 8.42 Å². The Kier molecular flexibility index (Phi) is 9.54. The average Bonchev–Trinajstić information content (AvgIpc) is 3.27. The minimum Gasteiger partial charge on any atom is -0.512 e. The molecule has 0 saturated carbocycles. The highest BCUT2D eigenvalue weighted by Crippen LogP contribution is 2.46. The highest BCUT2D eigenvalue weighted by atomic mass is 32.2. The van der Waals surface area contributed by atoms with Crippen LogP contribution in [0.1, 0.15) is 49.0 Å². The molecule has 206 valence electrons. The molecular weight excluding hydrogens is 521 g/mol. The molecule has 0 saturated heterocycles. The van der Waals surface area contributed by atoms with Crippen molar-refractivity contribution in [3.8, 4) is 16.9 Å². The van der Waals surface area contributed by atoms with Crippen molar-refractivity contribution in [3.05, 3.63) is 89.8 Å². The fourth-order valence-corrected chi connectivity index (χ4v) is 4.98. The van der Waals surface area contributed by atoms with Crippen molar-refractivity contribution >= 4 is 9.84 Å². The van der Waals surface area contributed by atoms with Crippen LogP contribution in [0.4, 0.5) is 13.2 Å². The van der Waals surface area contributed by atoms with E-state index >= 15 is 0 Å². The molecule has 1 atom stereocenters. The van der Waals surface area contributed by atoms with Gasteiger partial charge < -0.3 is 19.3 Å². The molecule has 2 aromatic rings. The normalized spacial score (nSPS) is 16.2. The fourth-order valence-electron chi connectivity index (χ4n) is 4.33. The standard InChI is InChI=1S/C28H31F3O6S/c1-4-20(35-5-2)17-22(18-32)37-26-14-12-24-23(26)11-13-25(28(29,30)31)27(24)19-7-9-21(10-8-19)36-15-6-16-38(3,33)34/h5,7-11,13,17-18,26,32H,2,4,6,12,14-16H2,1,3H3/b20-17+,22-18+/t26-/m1/s1. The lowest BCUT2D eigenvalue weighted by molar-refractivity contribution is -0.137. The van der Waals surface area contributed by atoms with Crippen LogP contribution >= 0.6 is 0 Å². The number of halogens is 3. The van der Waals surface area contributed by atoms with Crippen molar-refractivity contribution in [2.45, 2.75) is 44.9 Å². The van der Waals surface area contributed by atoms with Crippen LogP contribution in [0.25, 0.3) is 11.1 Å². The van der Waals surface area contributed by atoms with Crippen molar-refractivity contribution in [1.29, 1.82) is 0 Å². The van der Waals surface area contributed by atoms with Gasteiger partial charge in [-0.1, -0.05) is 31.7 Å². The summed E-state index contributed by atoms with van der Waals surface area (Å²) in [6.45, 7) is 5.53. The number of sulfone groups is 1. The zero-order valence-corrected chi connectivity index (χ0v) is 22.1. The van der Waals surface area contributed by atoms with Gasteiger partial charge in [-0.3, -0.25) is 0 Å². The van der Waals surface area contributed by atoms with Gasteiger partial charge in [0.2, 0.25) is 0 Å². The van der Waals surface area contributed by atoms with Crippen molar-refractivity contribution in [3.63, 3.8) is 0 Å². The molecule has 0 heterocycles. The first-order valence-corrected chi connectivity index (χ1v) is 14.2. The number of hydrogen-bond acceptors (Lipinski definition) is 6. The Bertz CT molecular complexity index is 1300. The van der Waals surface area contributed by atoms with Crippen molar-refractivity contribution in [1.82, 2.24) is 0 Å². The minimum atomic E-state index is -4.57. The third kappa shape index (κ3) is 7.56. The number of rotatable bonds is 12. The first-order chi connectivity index (χ1) is 18.0. The highest BCUT2D eigenvalue weighted by Gasteiger charge is 2.38. The predicted octanol–water partition coefficient (Wildman–Crippen LogP) is 7.04. The maximum absolute atomic E-state index is 14.0. The lowest BCUT2D eigenvalue weighted by Crippen LogP contribution is -2.10. The molecule has 0 aromatic heterocycles. The lowest BCUT2D eigenvalue weighted by atomic mass is 9.91. The molecule has 0 bridgehead atoms. The third-order valence-corrected chi connectivity index (χ3v) is 7.05. The van der Waals surface area contributed by atoms with Gasteiger partial charge in [0.1, 0.15) is 33.7 Å². The monoisotopic (exact) mass is 552 g/mol. The number of allylic oxidation sites excluding steroid dienone is 2. The highest BCUT2D eigenvalue weighted by molar-refractivity contribution is 7.90. The van der Waals surface area contributed by atoms with Crippen molar-refractivity contribution in [2.24, 2.45) is 0 Å². The number of ether oxygens (including phenoxy) is 3. The Morgan fingerprint density at radius 2 is 1.89 bits per heavy atom. The molecule has 0 spiro atoms. The van der Waals surface area contributed by atoms with Gasteiger partial charge in [0.15, 0.2) is 5.76 Å². The Labute approximate surface area is 221 Å². The van der Waals surface area contributed by atoms with Crippen molar-refractivity contribution < 1.29 is 40.9 Å². The number of fused-ring (bicyclic) bond motifs is 1. The molecule has 10 heteroatoms. The third-order valence-electron chi connectivity index (χ3n) is 6.02. The summed E-state index contributed by atoms with van der Waals surface area (Å²) in [5.41, 5.74) is 0.863. The van der Waals surface area contributed by atoms with E-state index in [2.05, 4.69) is 6.58 Å². The maximum atomic E-state index is 14.0. The van der Waals surface area contributed by atoms with Gasteiger partial charge in [0, 0.05) is 18.8 Å². The van der Waals surface area contributed by atoms with E-state index in [1.165, 1.54) is 18.4 Å². The van der Waals surface area contributed by atoms with Gasteiger partial charge in [-0.15, -0.1) is 0 Å². The first kappa shape index (κ1) is 29.2. The largest absolute Gasteiger partial charge is 0.512 e. The van der Waals surface area contributed by atoms with Crippen LogP contribution in [0.3, 0.4) is 0 Å². The molecule has 2 aromatic carbocycles. The summed E-state index contributed by atoms with van der Waals surface area (Å²) in [6.07, 6.45) is 1.20. The maximum Gasteiger partial charge on any atom is 0.417 e. The van der Waals surface area contributed by atoms with Crippen molar-refractivity contribution in [2.75, 3.05) is 18.6 Å². The predicted molar refractivity (Wildman–Crippen MR) is 139 cm³/mol. The van der Waals surface area contributed by atoms with Gasteiger partial charge in [0.05, 0.1) is 24.2 Å². The van der Waals surface area contributed by atoms with E-state index in [-0.39, 0.29) is 23.7 Å². The summed E-state index contributed by atoms with van der Waals surface area (Å²) >= 11 is 0. The zero-order valence-electron chi connectivity index (χ0n) is 21.3. The lowest BCUT2D eigenvalue weighted by Gasteiger charge is -2.20. The number of aliphatic hydroxyl groups excluding tert-OH is 1. The van der Waals surface area contributed by atoms with Gasteiger partial charge in [-0.05, 0) is 59.7 Å². The van der Waals surface area contributed by atoms with Crippen LogP contribution < -0.4 is 4.74 Å². The second-order valence-corrected chi connectivity index (χ2v) is 11.1. The van der Waals surface area contributed by atoms with Crippen LogP contribution in [-0.4, -0.2) is 32.1 Å². The smallest absolute Gasteiger partial charge is 0.417 e. The zero-order chi connectivity index (χ0) is 27.9. The van der Waals surface area contributed by atoms with E-state index in [4.69, 9.17) is 14.2 Å². The summed E-state index contributed by atoms with van der Waals surface area (Å²) in [5, 5.41) is 9.67. The molecule has 1 aliphatic carbocycles. The SMILES string of the molecule is C=CO/C(=C/C(=C\O)O[C@@H]1CCc2c1ccc(C(F)(F)F)c2-c1ccc(OCCCS(C)(=O)=O)cc1)CC. The fraction of sp³-hybridized carbons (Fsp3) is 0.357. The molecule has 1 N–H and O–H groups in total. The Balaban J connectivity index is 1.89. The molecule has 38 heavy (non-hydrogen) atoms. The van der Waals surface area contributed by atoms with Gasteiger partial charge in [-0.2, -0.15) is 13.2 Å². The number of hydrogen-bond donors (Lipinski definition) is 1. The molecule has 0 unspecified atom stereocenters. The van der Waals surface area contributed by atoms with E-state index in [1.54, 1.807) is 24.3 Å². The van der Waals surface area contributed by atoms with E-state index < -0.39 is 27.7 Å². The van der Waals surface area contributed by atoms with Crippen LogP contribution in [0.5, 0.6) is 5.75 Å². The number of aliphatic hydroxyl groups is 1. The Hall–Kier alpha value is -3.40. The molecule has 0 amide bonds. The first-order valence-electron chi connectivity index (χ1n) is 12.1. The van der Waals surface area contributed by atoms with E-state index in [1.807, 2.05) is 6.92 Å². The van der Waals surface area contributed by atoms with Crippen LogP contribution in [0.15, 0.2) is 73.1 Å². The average molecular weight is 553 g/mol. The molecule has 0 radical (unpaired) electrons. The second kappa shape index (κ2) is 12.4. The molecule has 0 fully saturated rings. The quantitative estimate of drug-likeness (QED) is 0.173. The summed E-state index contributed by atoms with van der Waals surface area (Å²) in [7, 11) is -3.10. The molecule has 0 aliphatic heterocycles. The Morgan fingerprint density at radius 3 is 2.47 bits per heavy atom. The summed E-state index contributed by atoms with van der Waals surface area (Å²) in [4.78, 5) is 0. The summed E-state index contributed by atoms with van der Waals surface area (Å²) < 4.78 is 81.4.